The molecule has 0 heterocycles. The van der Waals surface area contributed by atoms with Gasteiger partial charge in [0.05, 0.1) is 16.5 Å². The zero-order valence-corrected chi connectivity index (χ0v) is 12.5. The largest absolute Gasteiger partial charge is 0.481 e. The maximum Gasteiger partial charge on any atom is 0.308 e. The van der Waals surface area contributed by atoms with E-state index in [1.165, 1.54) is 6.07 Å². The molecule has 0 aromatic heterocycles. The minimum atomic E-state index is -0.911. The topological polar surface area (TPSA) is 57.6 Å². The van der Waals surface area contributed by atoms with Crippen LogP contribution in [0.15, 0.2) is 18.2 Å². The summed E-state index contributed by atoms with van der Waals surface area (Å²) < 4.78 is 0. The van der Waals surface area contributed by atoms with E-state index >= 15 is 0 Å². The summed E-state index contributed by atoms with van der Waals surface area (Å²) in [5.74, 6) is -1.75. The molecule has 1 fully saturated rings. The molecule has 1 N–H and O–H groups in total. The minimum Gasteiger partial charge on any atom is -0.481 e. The number of amides is 1. The van der Waals surface area contributed by atoms with Gasteiger partial charge in [-0.15, -0.1) is 0 Å². The monoisotopic (exact) mass is 315 g/mol. The van der Waals surface area contributed by atoms with Gasteiger partial charge in [-0.05, 0) is 31.0 Å². The van der Waals surface area contributed by atoms with Crippen molar-refractivity contribution in [2.45, 2.75) is 25.8 Å². The van der Waals surface area contributed by atoms with Gasteiger partial charge in [0, 0.05) is 17.6 Å². The normalized spacial score (nSPS) is 15.8. The van der Waals surface area contributed by atoms with Crippen molar-refractivity contribution in [3.8, 4) is 0 Å². The maximum absolute atomic E-state index is 12.5. The van der Waals surface area contributed by atoms with Crippen molar-refractivity contribution in [2.24, 2.45) is 5.92 Å². The van der Waals surface area contributed by atoms with Crippen LogP contribution in [0.1, 0.15) is 30.1 Å². The molecule has 4 nitrogen and oxygen atoms in total. The molecule has 0 radical (unpaired) electrons. The van der Waals surface area contributed by atoms with Gasteiger partial charge >= 0.3 is 5.97 Å². The van der Waals surface area contributed by atoms with Gasteiger partial charge in [-0.3, -0.25) is 9.59 Å². The molecule has 2 rings (SSSR count). The highest BCUT2D eigenvalue weighted by molar-refractivity contribution is 6.36. The lowest BCUT2D eigenvalue weighted by Crippen LogP contribution is -2.38. The maximum atomic E-state index is 12.5. The van der Waals surface area contributed by atoms with E-state index in [4.69, 9.17) is 28.3 Å². The van der Waals surface area contributed by atoms with Gasteiger partial charge in [-0.25, -0.2) is 0 Å². The van der Waals surface area contributed by atoms with E-state index in [0.717, 1.165) is 12.8 Å². The summed E-state index contributed by atoms with van der Waals surface area (Å²) >= 11 is 11.9. The Morgan fingerprint density at radius 3 is 2.55 bits per heavy atom. The third kappa shape index (κ3) is 3.44. The number of rotatable bonds is 5. The van der Waals surface area contributed by atoms with Gasteiger partial charge in [0.1, 0.15) is 0 Å². The molecule has 1 aromatic rings. The first-order valence-electron chi connectivity index (χ1n) is 6.39. The van der Waals surface area contributed by atoms with Crippen LogP contribution in [0.4, 0.5) is 0 Å². The Bertz CT molecular complexity index is 543. The lowest BCUT2D eigenvalue weighted by molar-refractivity contribution is -0.141. The number of carbonyl (C=O) groups is 2. The van der Waals surface area contributed by atoms with Gasteiger partial charge in [0.15, 0.2) is 0 Å². The number of carboxylic acid groups (broad SMARTS) is 1. The van der Waals surface area contributed by atoms with E-state index in [9.17, 15) is 9.59 Å². The second kappa shape index (κ2) is 6.02. The number of hydrogen-bond acceptors (Lipinski definition) is 2. The highest BCUT2D eigenvalue weighted by Gasteiger charge is 2.35. The Balaban J connectivity index is 2.20. The van der Waals surface area contributed by atoms with Gasteiger partial charge in [0.2, 0.25) is 0 Å². The lowest BCUT2D eigenvalue weighted by Gasteiger charge is -2.24. The van der Waals surface area contributed by atoms with Crippen molar-refractivity contribution in [1.82, 2.24) is 4.90 Å². The molecular weight excluding hydrogens is 301 g/mol. The average molecular weight is 316 g/mol. The molecule has 1 aliphatic carbocycles. The standard InChI is InChI=1S/C14H15Cl2NO3/c1-8(14(19)20)7-17(10-3-4-10)13(18)11-5-2-9(15)6-12(11)16/h2,5-6,8,10H,3-4,7H2,1H3,(H,19,20). The van der Waals surface area contributed by atoms with E-state index in [1.807, 2.05) is 0 Å². The van der Waals surface area contributed by atoms with Crippen molar-refractivity contribution < 1.29 is 14.7 Å². The zero-order valence-electron chi connectivity index (χ0n) is 11.0. The van der Waals surface area contributed by atoms with Gasteiger partial charge in [-0.2, -0.15) is 0 Å². The molecule has 20 heavy (non-hydrogen) atoms. The zero-order chi connectivity index (χ0) is 14.9. The molecule has 1 atom stereocenters. The number of hydrogen-bond donors (Lipinski definition) is 1. The molecule has 0 spiro atoms. The SMILES string of the molecule is CC(CN(C(=O)c1ccc(Cl)cc1Cl)C1CC1)C(=O)O. The lowest BCUT2D eigenvalue weighted by atomic mass is 10.1. The molecule has 0 aliphatic heterocycles. The smallest absolute Gasteiger partial charge is 0.308 e. The molecule has 1 unspecified atom stereocenters. The molecule has 1 aromatic carbocycles. The first-order chi connectivity index (χ1) is 9.40. The Morgan fingerprint density at radius 1 is 1.40 bits per heavy atom. The third-order valence-electron chi connectivity index (χ3n) is 3.30. The highest BCUT2D eigenvalue weighted by Crippen LogP contribution is 2.31. The number of aliphatic carboxylic acids is 1. The van der Waals surface area contributed by atoms with E-state index in [1.54, 1.807) is 24.0 Å². The Hall–Kier alpha value is -1.26. The van der Waals surface area contributed by atoms with Gasteiger partial charge in [-0.1, -0.05) is 30.1 Å². The summed E-state index contributed by atoms with van der Waals surface area (Å²) in [5, 5.41) is 9.74. The quantitative estimate of drug-likeness (QED) is 0.906. The van der Waals surface area contributed by atoms with Crippen LogP contribution in [0, 0.1) is 5.92 Å². The highest BCUT2D eigenvalue weighted by atomic mass is 35.5. The fraction of sp³-hybridized carbons (Fsp3) is 0.429. The summed E-state index contributed by atoms with van der Waals surface area (Å²) in [6, 6.07) is 4.82. The van der Waals surface area contributed by atoms with E-state index in [-0.39, 0.29) is 23.5 Å². The predicted octanol–water partition coefficient (Wildman–Crippen LogP) is 3.32. The van der Waals surface area contributed by atoms with Crippen molar-refractivity contribution in [2.75, 3.05) is 6.54 Å². The molecular formula is C14H15Cl2NO3. The Kier molecular flexibility index (Phi) is 4.55. The van der Waals surface area contributed by atoms with Crippen LogP contribution in [0.3, 0.4) is 0 Å². The predicted molar refractivity (Wildman–Crippen MR) is 77.3 cm³/mol. The van der Waals surface area contributed by atoms with Crippen LogP contribution in [0.5, 0.6) is 0 Å². The van der Waals surface area contributed by atoms with Crippen molar-refractivity contribution in [1.29, 1.82) is 0 Å². The minimum absolute atomic E-state index is 0.121. The van der Waals surface area contributed by atoms with Crippen molar-refractivity contribution in [3.05, 3.63) is 33.8 Å². The second-order valence-corrected chi connectivity index (χ2v) is 5.90. The van der Waals surface area contributed by atoms with Crippen LogP contribution in [-0.2, 0) is 4.79 Å². The van der Waals surface area contributed by atoms with Crippen molar-refractivity contribution >= 4 is 35.1 Å². The first kappa shape index (κ1) is 15.1. The summed E-state index contributed by atoms with van der Waals surface area (Å²) in [6.45, 7) is 1.78. The van der Waals surface area contributed by atoms with Crippen LogP contribution >= 0.6 is 23.2 Å². The fourth-order valence-corrected chi connectivity index (χ4v) is 2.46. The number of benzene rings is 1. The summed E-state index contributed by atoms with van der Waals surface area (Å²) in [5.41, 5.74) is 0.362. The van der Waals surface area contributed by atoms with Crippen LogP contribution in [0.25, 0.3) is 0 Å². The van der Waals surface area contributed by atoms with Crippen LogP contribution < -0.4 is 0 Å². The van der Waals surface area contributed by atoms with Crippen molar-refractivity contribution in [3.63, 3.8) is 0 Å². The molecule has 1 amide bonds. The molecule has 108 valence electrons. The molecule has 1 aliphatic rings. The summed E-state index contributed by atoms with van der Waals surface area (Å²) in [4.78, 5) is 25.1. The van der Waals surface area contributed by atoms with E-state index in [2.05, 4.69) is 0 Å². The number of carboxylic acids is 1. The molecule has 0 saturated heterocycles. The van der Waals surface area contributed by atoms with Gasteiger partial charge < -0.3 is 10.0 Å². The van der Waals surface area contributed by atoms with E-state index in [0.29, 0.717) is 10.6 Å². The van der Waals surface area contributed by atoms with Gasteiger partial charge in [0.25, 0.3) is 5.91 Å². The van der Waals surface area contributed by atoms with Crippen LogP contribution in [0.2, 0.25) is 10.0 Å². The Labute approximate surface area is 127 Å². The van der Waals surface area contributed by atoms with E-state index < -0.39 is 11.9 Å². The number of carbonyl (C=O) groups excluding carboxylic acids is 1. The third-order valence-corrected chi connectivity index (χ3v) is 3.85. The van der Waals surface area contributed by atoms with Crippen LogP contribution in [-0.4, -0.2) is 34.5 Å². The average Bonchev–Trinajstić information content (AvgIpc) is 3.19. The first-order valence-corrected chi connectivity index (χ1v) is 7.14. The molecule has 1 saturated carbocycles. The fourth-order valence-electron chi connectivity index (χ4n) is 1.97. The summed E-state index contributed by atoms with van der Waals surface area (Å²) in [7, 11) is 0. The second-order valence-electron chi connectivity index (χ2n) is 5.05. The molecule has 6 heteroatoms. The number of nitrogens with zero attached hydrogens (tertiary/aromatic N) is 1. The number of halogens is 2. The molecule has 0 bridgehead atoms. The Morgan fingerprint density at radius 2 is 2.05 bits per heavy atom. The summed E-state index contributed by atoms with van der Waals surface area (Å²) in [6.07, 6.45) is 1.81.